The molecule has 0 amide bonds. The lowest BCUT2D eigenvalue weighted by Gasteiger charge is -2.04. The summed E-state index contributed by atoms with van der Waals surface area (Å²) in [6.45, 7) is 7.22. The van der Waals surface area contributed by atoms with E-state index in [9.17, 15) is 0 Å². The van der Waals surface area contributed by atoms with Crippen molar-refractivity contribution in [3.05, 3.63) is 39.7 Å². The summed E-state index contributed by atoms with van der Waals surface area (Å²) in [5.41, 5.74) is 1.12. The van der Waals surface area contributed by atoms with Crippen molar-refractivity contribution in [2.45, 2.75) is 6.42 Å². The van der Waals surface area contributed by atoms with E-state index in [4.69, 9.17) is 11.3 Å². The summed E-state index contributed by atoms with van der Waals surface area (Å²) in [6, 6.07) is 5.79. The molecule has 1 rings (SSSR count). The third kappa shape index (κ3) is 2.74. The minimum absolute atomic E-state index is 0.520. The predicted octanol–water partition coefficient (Wildman–Crippen LogP) is 2.92. The van der Waals surface area contributed by atoms with E-state index in [0.717, 1.165) is 22.2 Å². The molecular weight excluding hydrogens is 230 g/mol. The van der Waals surface area contributed by atoms with Crippen LogP contribution in [0.5, 0.6) is 5.75 Å². The van der Waals surface area contributed by atoms with Crippen LogP contribution < -0.4 is 4.74 Å². The molecule has 0 aliphatic rings. The fraction of sp³-hybridized carbons (Fsp3) is 0.300. The Balaban J connectivity index is 2.85. The molecular formula is C10H10BrNO. The molecule has 68 valence electrons. The molecule has 0 heterocycles. The van der Waals surface area contributed by atoms with Gasteiger partial charge in [-0.05, 0) is 23.8 Å². The molecule has 0 unspecified atom stereocenters. The number of ether oxygens (including phenoxy) is 1. The summed E-state index contributed by atoms with van der Waals surface area (Å²) in [5, 5.41) is 0. The van der Waals surface area contributed by atoms with Crippen LogP contribution in [0.2, 0.25) is 0 Å². The monoisotopic (exact) mass is 239 g/mol. The number of hydrogen-bond donors (Lipinski definition) is 0. The second-order valence-corrected chi connectivity index (χ2v) is 3.44. The molecule has 0 atom stereocenters. The van der Waals surface area contributed by atoms with Gasteiger partial charge in [0.15, 0.2) is 0 Å². The molecule has 3 heteroatoms. The van der Waals surface area contributed by atoms with E-state index < -0.39 is 0 Å². The maximum absolute atomic E-state index is 6.70. The summed E-state index contributed by atoms with van der Waals surface area (Å²) < 4.78 is 6.13. The third-order valence-corrected chi connectivity index (χ3v) is 2.52. The Hall–Kier alpha value is -1.01. The number of halogens is 1. The summed E-state index contributed by atoms with van der Waals surface area (Å²) >= 11 is 3.43. The average molecular weight is 240 g/mol. The van der Waals surface area contributed by atoms with Crippen molar-refractivity contribution in [2.75, 3.05) is 13.7 Å². The first-order chi connectivity index (χ1) is 6.27. The van der Waals surface area contributed by atoms with Gasteiger partial charge in [0.2, 0.25) is 6.54 Å². The van der Waals surface area contributed by atoms with Crippen molar-refractivity contribution < 1.29 is 4.74 Å². The Labute approximate surface area is 86.5 Å². The Morgan fingerprint density at radius 3 is 2.92 bits per heavy atom. The quantitative estimate of drug-likeness (QED) is 0.740. The van der Waals surface area contributed by atoms with Crippen LogP contribution in [0.4, 0.5) is 0 Å². The summed E-state index contributed by atoms with van der Waals surface area (Å²) in [7, 11) is 1.64. The fourth-order valence-electron chi connectivity index (χ4n) is 1.05. The van der Waals surface area contributed by atoms with Crippen LogP contribution >= 0.6 is 15.9 Å². The van der Waals surface area contributed by atoms with E-state index >= 15 is 0 Å². The van der Waals surface area contributed by atoms with E-state index in [2.05, 4.69) is 20.8 Å². The zero-order chi connectivity index (χ0) is 9.68. The minimum Gasteiger partial charge on any atom is -0.497 e. The van der Waals surface area contributed by atoms with Gasteiger partial charge in [-0.3, -0.25) is 0 Å². The van der Waals surface area contributed by atoms with Crippen LogP contribution in [-0.4, -0.2) is 13.7 Å². The molecule has 13 heavy (non-hydrogen) atoms. The van der Waals surface area contributed by atoms with E-state index in [-0.39, 0.29) is 0 Å². The lowest BCUT2D eigenvalue weighted by molar-refractivity contribution is 0.414. The standard InChI is InChI=1S/C10H10BrNO/c1-12-6-5-8-7-9(13-2)3-4-10(8)11/h3-4,7H,5-6H2,2H3. The molecule has 0 saturated carbocycles. The van der Waals surface area contributed by atoms with Crippen LogP contribution in [0.1, 0.15) is 5.56 Å². The van der Waals surface area contributed by atoms with Gasteiger partial charge in [0.05, 0.1) is 7.11 Å². The van der Waals surface area contributed by atoms with Crippen molar-refractivity contribution in [1.29, 1.82) is 0 Å². The van der Waals surface area contributed by atoms with Crippen LogP contribution in [0.3, 0.4) is 0 Å². The van der Waals surface area contributed by atoms with Crippen LogP contribution in [0.15, 0.2) is 22.7 Å². The van der Waals surface area contributed by atoms with Crippen molar-refractivity contribution in [3.8, 4) is 5.75 Å². The molecule has 0 aliphatic carbocycles. The van der Waals surface area contributed by atoms with Gasteiger partial charge in [-0.2, -0.15) is 0 Å². The second kappa shape index (κ2) is 4.88. The topological polar surface area (TPSA) is 13.6 Å². The van der Waals surface area contributed by atoms with Gasteiger partial charge in [0, 0.05) is 10.9 Å². The molecule has 0 bridgehead atoms. The molecule has 1 aromatic rings. The highest BCUT2D eigenvalue weighted by Gasteiger charge is 2.02. The highest BCUT2D eigenvalue weighted by molar-refractivity contribution is 9.10. The maximum Gasteiger partial charge on any atom is 0.218 e. The summed E-state index contributed by atoms with van der Waals surface area (Å²) in [4.78, 5) is 3.32. The van der Waals surface area contributed by atoms with Crippen molar-refractivity contribution >= 4 is 15.9 Å². The zero-order valence-corrected chi connectivity index (χ0v) is 8.97. The van der Waals surface area contributed by atoms with E-state index in [0.29, 0.717) is 6.54 Å². The molecule has 0 fully saturated rings. The van der Waals surface area contributed by atoms with Crippen LogP contribution in [-0.2, 0) is 6.42 Å². The lowest BCUT2D eigenvalue weighted by Crippen LogP contribution is -1.91. The third-order valence-electron chi connectivity index (χ3n) is 1.75. The lowest BCUT2D eigenvalue weighted by atomic mass is 10.1. The maximum atomic E-state index is 6.70. The van der Waals surface area contributed by atoms with Crippen molar-refractivity contribution in [1.82, 2.24) is 0 Å². The molecule has 0 radical (unpaired) electrons. The Bertz CT molecular complexity index is 330. The zero-order valence-electron chi connectivity index (χ0n) is 7.38. The first-order valence-electron chi connectivity index (χ1n) is 3.93. The highest BCUT2D eigenvalue weighted by Crippen LogP contribution is 2.22. The van der Waals surface area contributed by atoms with Gasteiger partial charge < -0.3 is 9.58 Å². The Morgan fingerprint density at radius 1 is 1.54 bits per heavy atom. The smallest absolute Gasteiger partial charge is 0.218 e. The van der Waals surface area contributed by atoms with Gasteiger partial charge in [-0.1, -0.05) is 15.9 Å². The van der Waals surface area contributed by atoms with E-state index in [1.54, 1.807) is 7.11 Å². The number of methoxy groups -OCH3 is 1. The minimum atomic E-state index is 0.520. The molecule has 0 N–H and O–H groups in total. The Kier molecular flexibility index (Phi) is 3.78. The molecule has 2 nitrogen and oxygen atoms in total. The van der Waals surface area contributed by atoms with Crippen molar-refractivity contribution in [3.63, 3.8) is 0 Å². The summed E-state index contributed by atoms with van der Waals surface area (Å²) in [6.07, 6.45) is 0.765. The van der Waals surface area contributed by atoms with Gasteiger partial charge in [0.25, 0.3) is 0 Å². The SMILES string of the molecule is [C-]#[N+]CCc1cc(OC)ccc1Br. The first-order valence-corrected chi connectivity index (χ1v) is 4.73. The van der Waals surface area contributed by atoms with Gasteiger partial charge >= 0.3 is 0 Å². The predicted molar refractivity (Wildman–Crippen MR) is 55.9 cm³/mol. The van der Waals surface area contributed by atoms with Crippen LogP contribution in [0.25, 0.3) is 4.85 Å². The van der Waals surface area contributed by atoms with E-state index in [1.807, 2.05) is 18.2 Å². The van der Waals surface area contributed by atoms with Crippen molar-refractivity contribution in [2.24, 2.45) is 0 Å². The number of hydrogen-bond acceptors (Lipinski definition) is 1. The van der Waals surface area contributed by atoms with E-state index in [1.165, 1.54) is 0 Å². The van der Waals surface area contributed by atoms with Gasteiger partial charge in [-0.15, -0.1) is 0 Å². The summed E-state index contributed by atoms with van der Waals surface area (Å²) in [5.74, 6) is 0.836. The number of nitrogens with zero attached hydrogens (tertiary/aromatic N) is 1. The first kappa shape index (κ1) is 10.1. The highest BCUT2D eigenvalue weighted by atomic mass is 79.9. The molecule has 0 saturated heterocycles. The normalized spacial score (nSPS) is 9.31. The molecule has 0 spiro atoms. The van der Waals surface area contributed by atoms with Gasteiger partial charge in [0.1, 0.15) is 5.75 Å². The number of rotatable bonds is 3. The fourth-order valence-corrected chi connectivity index (χ4v) is 1.49. The number of benzene rings is 1. The Morgan fingerprint density at radius 2 is 2.31 bits per heavy atom. The molecule has 1 aromatic carbocycles. The molecule has 0 aromatic heterocycles. The molecule has 0 aliphatic heterocycles. The second-order valence-electron chi connectivity index (χ2n) is 2.59. The average Bonchev–Trinajstić information content (AvgIpc) is 2.17. The van der Waals surface area contributed by atoms with Crippen LogP contribution in [0, 0.1) is 6.57 Å². The largest absolute Gasteiger partial charge is 0.497 e. The van der Waals surface area contributed by atoms with Gasteiger partial charge in [-0.25, -0.2) is 6.57 Å².